The molecule has 4 rings (SSSR count). The van der Waals surface area contributed by atoms with E-state index < -0.39 is 16.1 Å². The lowest BCUT2D eigenvalue weighted by molar-refractivity contribution is -0.117. The minimum Gasteiger partial charge on any atom is -0.312 e. The van der Waals surface area contributed by atoms with E-state index in [9.17, 15) is 13.2 Å². The molecule has 0 radical (unpaired) electrons. The molecule has 1 aromatic heterocycles. The van der Waals surface area contributed by atoms with Crippen molar-refractivity contribution in [3.05, 3.63) is 72.3 Å². The second-order valence-corrected chi connectivity index (χ2v) is 9.19. The van der Waals surface area contributed by atoms with Gasteiger partial charge in [-0.1, -0.05) is 12.1 Å². The number of hydrogen-bond acceptors (Lipinski definition) is 4. The van der Waals surface area contributed by atoms with Crippen LogP contribution < -0.4 is 9.62 Å². The first-order valence-electron chi connectivity index (χ1n) is 9.87. The van der Waals surface area contributed by atoms with Crippen molar-refractivity contribution in [2.75, 3.05) is 11.4 Å². The highest BCUT2D eigenvalue weighted by molar-refractivity contribution is 7.89. The summed E-state index contributed by atoms with van der Waals surface area (Å²) in [5, 5.41) is 0. The molecule has 1 unspecified atom stereocenters. The van der Waals surface area contributed by atoms with Crippen LogP contribution in [0, 0.1) is 6.92 Å². The lowest BCUT2D eigenvalue weighted by Crippen LogP contribution is -2.28. The van der Waals surface area contributed by atoms with Gasteiger partial charge >= 0.3 is 0 Å². The van der Waals surface area contributed by atoms with Crippen molar-refractivity contribution in [2.24, 2.45) is 0 Å². The summed E-state index contributed by atoms with van der Waals surface area (Å²) in [4.78, 5) is 17.9. The minimum absolute atomic E-state index is 0.0795. The molecule has 1 saturated heterocycles. The van der Waals surface area contributed by atoms with Gasteiger partial charge in [-0.2, -0.15) is 0 Å². The molecule has 2 heterocycles. The highest BCUT2D eigenvalue weighted by Crippen LogP contribution is 2.27. The Morgan fingerprint density at radius 2 is 1.83 bits per heavy atom. The minimum atomic E-state index is -3.71. The molecule has 7 nitrogen and oxygen atoms in total. The van der Waals surface area contributed by atoms with E-state index in [2.05, 4.69) is 9.71 Å². The zero-order valence-electron chi connectivity index (χ0n) is 16.9. The smallest absolute Gasteiger partial charge is 0.241 e. The van der Waals surface area contributed by atoms with E-state index in [1.807, 2.05) is 42.0 Å². The fraction of sp³-hybridized carbons (Fsp3) is 0.273. The van der Waals surface area contributed by atoms with Gasteiger partial charge in [-0.25, -0.2) is 18.1 Å². The van der Waals surface area contributed by atoms with Crippen molar-refractivity contribution < 1.29 is 13.2 Å². The first-order valence-corrected chi connectivity index (χ1v) is 11.3. The van der Waals surface area contributed by atoms with Gasteiger partial charge < -0.3 is 9.47 Å². The number of aromatic nitrogens is 2. The van der Waals surface area contributed by atoms with E-state index in [1.165, 1.54) is 0 Å². The number of amides is 1. The molecule has 1 N–H and O–H groups in total. The Kier molecular flexibility index (Phi) is 5.44. The van der Waals surface area contributed by atoms with Gasteiger partial charge in [0.05, 0.1) is 11.2 Å². The van der Waals surface area contributed by atoms with Gasteiger partial charge in [0.2, 0.25) is 15.9 Å². The predicted octanol–water partition coefficient (Wildman–Crippen LogP) is 3.35. The van der Waals surface area contributed by atoms with E-state index >= 15 is 0 Å². The molecule has 8 heteroatoms. The molecule has 1 aliphatic rings. The quantitative estimate of drug-likeness (QED) is 0.658. The monoisotopic (exact) mass is 424 g/mol. The number of hydrogen-bond donors (Lipinski definition) is 1. The maximum atomic E-state index is 13.0. The van der Waals surface area contributed by atoms with Gasteiger partial charge in [-0.3, -0.25) is 4.79 Å². The Balaban J connectivity index is 1.51. The molecule has 0 aliphatic carbocycles. The standard InChI is InChI=1S/C22H24N4O3S/c1-16-14-20(26-12-3-4-22(26)27)9-10-21(16)30(28,29)24-17(2)18-5-7-19(8-6-18)25-13-11-23-15-25/h5-11,13-15,17,24H,3-4,12H2,1-2H3. The van der Waals surface area contributed by atoms with Crippen LogP contribution in [0.1, 0.15) is 36.9 Å². The average Bonchev–Trinajstić information content (AvgIpc) is 3.39. The van der Waals surface area contributed by atoms with E-state index in [0.29, 0.717) is 18.5 Å². The van der Waals surface area contributed by atoms with Crippen LogP contribution >= 0.6 is 0 Å². The van der Waals surface area contributed by atoms with Gasteiger partial charge in [0.25, 0.3) is 0 Å². The molecule has 0 spiro atoms. The van der Waals surface area contributed by atoms with Crippen LogP contribution in [-0.2, 0) is 14.8 Å². The molecule has 0 bridgehead atoms. The van der Waals surface area contributed by atoms with Crippen molar-refractivity contribution in [3.8, 4) is 5.69 Å². The van der Waals surface area contributed by atoms with Crippen LogP contribution in [0.15, 0.2) is 66.1 Å². The van der Waals surface area contributed by atoms with Crippen LogP contribution in [0.4, 0.5) is 5.69 Å². The lowest BCUT2D eigenvalue weighted by atomic mass is 10.1. The molecule has 1 fully saturated rings. The number of anilines is 1. The lowest BCUT2D eigenvalue weighted by Gasteiger charge is -2.19. The number of sulfonamides is 1. The van der Waals surface area contributed by atoms with Crippen LogP contribution in [0.25, 0.3) is 5.69 Å². The average molecular weight is 425 g/mol. The van der Waals surface area contributed by atoms with E-state index in [0.717, 1.165) is 23.4 Å². The van der Waals surface area contributed by atoms with Crippen molar-refractivity contribution >= 4 is 21.6 Å². The van der Waals surface area contributed by atoms with E-state index in [4.69, 9.17) is 0 Å². The molecule has 1 amide bonds. The van der Waals surface area contributed by atoms with Crippen LogP contribution in [-0.4, -0.2) is 30.4 Å². The summed E-state index contributed by atoms with van der Waals surface area (Å²) in [5.41, 5.74) is 3.17. The molecule has 3 aromatic rings. The SMILES string of the molecule is Cc1cc(N2CCCC2=O)ccc1S(=O)(=O)NC(C)c1ccc(-n2ccnc2)cc1. The molecule has 1 aliphatic heterocycles. The van der Waals surface area contributed by atoms with E-state index in [-0.39, 0.29) is 10.8 Å². The highest BCUT2D eigenvalue weighted by Gasteiger charge is 2.25. The summed E-state index contributed by atoms with van der Waals surface area (Å²) in [6, 6.07) is 12.3. The van der Waals surface area contributed by atoms with Gasteiger partial charge in [0, 0.05) is 42.8 Å². The number of carbonyl (C=O) groups is 1. The van der Waals surface area contributed by atoms with Crippen molar-refractivity contribution in [3.63, 3.8) is 0 Å². The van der Waals surface area contributed by atoms with Crippen LogP contribution in [0.2, 0.25) is 0 Å². The highest BCUT2D eigenvalue weighted by atomic mass is 32.2. The number of aryl methyl sites for hydroxylation is 1. The summed E-state index contributed by atoms with van der Waals surface area (Å²) in [6.07, 6.45) is 6.64. The number of imidazole rings is 1. The van der Waals surface area contributed by atoms with Gasteiger partial charge in [-0.05, 0) is 61.7 Å². The van der Waals surface area contributed by atoms with Crippen molar-refractivity contribution in [1.82, 2.24) is 14.3 Å². The van der Waals surface area contributed by atoms with Crippen molar-refractivity contribution in [1.29, 1.82) is 0 Å². The summed E-state index contributed by atoms with van der Waals surface area (Å²) in [7, 11) is -3.71. The van der Waals surface area contributed by atoms with Gasteiger partial charge in [0.1, 0.15) is 0 Å². The Hall–Kier alpha value is -2.97. The largest absolute Gasteiger partial charge is 0.312 e. The second kappa shape index (κ2) is 8.04. The predicted molar refractivity (Wildman–Crippen MR) is 115 cm³/mol. The zero-order chi connectivity index (χ0) is 21.3. The van der Waals surface area contributed by atoms with Gasteiger partial charge in [-0.15, -0.1) is 0 Å². The third kappa shape index (κ3) is 4.01. The van der Waals surface area contributed by atoms with Crippen molar-refractivity contribution in [2.45, 2.75) is 37.6 Å². The molecule has 2 aromatic carbocycles. The Morgan fingerprint density at radius 1 is 1.10 bits per heavy atom. The fourth-order valence-corrected chi connectivity index (χ4v) is 5.19. The zero-order valence-corrected chi connectivity index (χ0v) is 17.8. The molecular formula is C22H24N4O3S. The molecule has 30 heavy (non-hydrogen) atoms. The topological polar surface area (TPSA) is 84.3 Å². The second-order valence-electron chi connectivity index (χ2n) is 7.50. The Labute approximate surface area is 176 Å². The number of carbonyl (C=O) groups excluding carboxylic acids is 1. The molecule has 0 saturated carbocycles. The number of rotatable bonds is 6. The summed E-state index contributed by atoms with van der Waals surface area (Å²) in [5.74, 6) is 0.0795. The molecule has 156 valence electrons. The fourth-order valence-electron chi connectivity index (χ4n) is 3.74. The number of nitrogens with one attached hydrogen (secondary N) is 1. The van der Waals surface area contributed by atoms with Crippen LogP contribution in [0.3, 0.4) is 0 Å². The Bertz CT molecular complexity index is 1160. The third-order valence-corrected chi connectivity index (χ3v) is 7.06. The van der Waals surface area contributed by atoms with Crippen LogP contribution in [0.5, 0.6) is 0 Å². The maximum Gasteiger partial charge on any atom is 0.241 e. The summed E-state index contributed by atoms with van der Waals surface area (Å²) in [6.45, 7) is 4.24. The van der Waals surface area contributed by atoms with Gasteiger partial charge in [0.15, 0.2) is 0 Å². The number of nitrogens with zero attached hydrogens (tertiary/aromatic N) is 3. The normalized spacial score (nSPS) is 15.5. The third-order valence-electron chi connectivity index (χ3n) is 5.36. The first kappa shape index (κ1) is 20.3. The van der Waals surface area contributed by atoms with E-state index in [1.54, 1.807) is 42.5 Å². The first-order chi connectivity index (χ1) is 14.3. The summed E-state index contributed by atoms with van der Waals surface area (Å²) < 4.78 is 30.6. The molecular weight excluding hydrogens is 400 g/mol. The number of benzene rings is 2. The molecule has 1 atom stereocenters. The summed E-state index contributed by atoms with van der Waals surface area (Å²) >= 11 is 0. The maximum absolute atomic E-state index is 13.0. The Morgan fingerprint density at radius 3 is 2.43 bits per heavy atom.